The van der Waals surface area contributed by atoms with Crippen molar-refractivity contribution in [2.75, 3.05) is 32.8 Å². The SMILES string of the molecule is O=C(CN(CCCCO)C1CC1)NCC1CCCO1. The van der Waals surface area contributed by atoms with Gasteiger partial charge in [0.25, 0.3) is 0 Å². The first-order chi connectivity index (χ1) is 9.29. The summed E-state index contributed by atoms with van der Waals surface area (Å²) in [6, 6.07) is 0.590. The summed E-state index contributed by atoms with van der Waals surface area (Å²) in [7, 11) is 0. The van der Waals surface area contributed by atoms with Crippen molar-refractivity contribution in [1.29, 1.82) is 0 Å². The van der Waals surface area contributed by atoms with Crippen LogP contribution in [0.2, 0.25) is 0 Å². The molecule has 2 aliphatic rings. The maximum absolute atomic E-state index is 11.9. The molecule has 110 valence electrons. The van der Waals surface area contributed by atoms with Crippen LogP contribution in [0.15, 0.2) is 0 Å². The molecule has 2 N–H and O–H groups in total. The van der Waals surface area contributed by atoms with Gasteiger partial charge in [0.2, 0.25) is 5.91 Å². The molecule has 5 heteroatoms. The van der Waals surface area contributed by atoms with Crippen molar-refractivity contribution in [3.8, 4) is 0 Å². The van der Waals surface area contributed by atoms with Crippen molar-refractivity contribution in [3.63, 3.8) is 0 Å². The highest BCUT2D eigenvalue weighted by Gasteiger charge is 2.29. The second-order valence-electron chi connectivity index (χ2n) is 5.57. The predicted octanol–water partition coefficient (Wildman–Crippen LogP) is 0.519. The second kappa shape index (κ2) is 7.82. The molecule has 0 aromatic heterocycles. The summed E-state index contributed by atoms with van der Waals surface area (Å²) in [6.07, 6.45) is 6.58. The van der Waals surface area contributed by atoms with E-state index in [1.54, 1.807) is 0 Å². The average Bonchev–Trinajstić information content (AvgIpc) is 3.12. The van der Waals surface area contributed by atoms with Crippen LogP contribution in [-0.2, 0) is 9.53 Å². The molecule has 1 unspecified atom stereocenters. The predicted molar refractivity (Wildman–Crippen MR) is 72.9 cm³/mol. The van der Waals surface area contributed by atoms with Crippen LogP contribution in [0.25, 0.3) is 0 Å². The number of aliphatic hydroxyl groups is 1. The third kappa shape index (κ3) is 5.47. The zero-order chi connectivity index (χ0) is 13.5. The fourth-order valence-corrected chi connectivity index (χ4v) is 2.53. The fourth-order valence-electron chi connectivity index (χ4n) is 2.53. The van der Waals surface area contributed by atoms with Gasteiger partial charge in [-0.3, -0.25) is 9.69 Å². The number of carbonyl (C=O) groups excluding carboxylic acids is 1. The molecule has 5 nitrogen and oxygen atoms in total. The Hall–Kier alpha value is -0.650. The highest BCUT2D eigenvalue weighted by Crippen LogP contribution is 2.26. The van der Waals surface area contributed by atoms with E-state index in [4.69, 9.17) is 9.84 Å². The van der Waals surface area contributed by atoms with E-state index in [-0.39, 0.29) is 18.6 Å². The number of aliphatic hydroxyl groups excluding tert-OH is 1. The van der Waals surface area contributed by atoms with Gasteiger partial charge in [-0.2, -0.15) is 0 Å². The number of unbranched alkanes of at least 4 members (excludes halogenated alkanes) is 1. The lowest BCUT2D eigenvalue weighted by Gasteiger charge is -2.21. The monoisotopic (exact) mass is 270 g/mol. The zero-order valence-electron chi connectivity index (χ0n) is 11.6. The van der Waals surface area contributed by atoms with Crippen LogP contribution in [-0.4, -0.2) is 60.9 Å². The van der Waals surface area contributed by atoms with Gasteiger partial charge >= 0.3 is 0 Å². The Morgan fingerprint density at radius 2 is 2.16 bits per heavy atom. The minimum Gasteiger partial charge on any atom is -0.396 e. The van der Waals surface area contributed by atoms with Crippen molar-refractivity contribution in [2.45, 2.75) is 50.7 Å². The van der Waals surface area contributed by atoms with Gasteiger partial charge in [-0.1, -0.05) is 0 Å². The Labute approximate surface area is 115 Å². The van der Waals surface area contributed by atoms with Crippen LogP contribution in [0, 0.1) is 0 Å². The lowest BCUT2D eigenvalue weighted by molar-refractivity contribution is -0.122. The Bertz CT molecular complexity index is 276. The summed E-state index contributed by atoms with van der Waals surface area (Å²) in [4.78, 5) is 14.2. The number of carbonyl (C=O) groups is 1. The normalized spacial score (nSPS) is 22.9. The van der Waals surface area contributed by atoms with Crippen molar-refractivity contribution >= 4 is 5.91 Å². The highest BCUT2D eigenvalue weighted by molar-refractivity contribution is 5.78. The molecule has 2 fully saturated rings. The maximum atomic E-state index is 11.9. The van der Waals surface area contributed by atoms with Gasteiger partial charge in [0.1, 0.15) is 0 Å². The molecule has 1 heterocycles. The molecule has 1 saturated carbocycles. The smallest absolute Gasteiger partial charge is 0.234 e. The first-order valence-electron chi connectivity index (χ1n) is 7.53. The van der Waals surface area contributed by atoms with Crippen molar-refractivity contribution in [2.24, 2.45) is 0 Å². The van der Waals surface area contributed by atoms with Gasteiger partial charge in [-0.25, -0.2) is 0 Å². The Balaban J connectivity index is 1.62. The van der Waals surface area contributed by atoms with Crippen molar-refractivity contribution < 1.29 is 14.6 Å². The number of hydrogen-bond acceptors (Lipinski definition) is 4. The molecule has 0 radical (unpaired) electrons. The van der Waals surface area contributed by atoms with E-state index >= 15 is 0 Å². The Kier molecular flexibility index (Phi) is 6.07. The van der Waals surface area contributed by atoms with E-state index < -0.39 is 0 Å². The number of nitrogens with zero attached hydrogens (tertiary/aromatic N) is 1. The lowest BCUT2D eigenvalue weighted by Crippen LogP contribution is -2.41. The number of hydrogen-bond donors (Lipinski definition) is 2. The van der Waals surface area contributed by atoms with E-state index in [0.717, 1.165) is 38.8 Å². The number of rotatable bonds is 9. The Morgan fingerprint density at radius 3 is 2.79 bits per heavy atom. The largest absolute Gasteiger partial charge is 0.396 e. The quantitative estimate of drug-likeness (QED) is 0.600. The third-order valence-electron chi connectivity index (χ3n) is 3.81. The molecular formula is C14H26N2O3. The number of nitrogens with one attached hydrogen (secondary N) is 1. The third-order valence-corrected chi connectivity index (χ3v) is 3.81. The van der Waals surface area contributed by atoms with E-state index in [1.807, 2.05) is 0 Å². The molecule has 0 spiro atoms. The van der Waals surface area contributed by atoms with E-state index in [1.165, 1.54) is 12.8 Å². The van der Waals surface area contributed by atoms with E-state index in [0.29, 0.717) is 19.1 Å². The summed E-state index contributed by atoms with van der Waals surface area (Å²) < 4.78 is 5.49. The van der Waals surface area contributed by atoms with Crippen molar-refractivity contribution in [1.82, 2.24) is 10.2 Å². The lowest BCUT2D eigenvalue weighted by atomic mass is 10.2. The molecule has 2 rings (SSSR count). The molecule has 1 atom stereocenters. The fraction of sp³-hybridized carbons (Fsp3) is 0.929. The number of amides is 1. The first-order valence-corrected chi connectivity index (χ1v) is 7.53. The summed E-state index contributed by atoms with van der Waals surface area (Å²) in [5, 5.41) is 11.8. The minimum absolute atomic E-state index is 0.103. The topological polar surface area (TPSA) is 61.8 Å². The minimum atomic E-state index is 0.103. The van der Waals surface area contributed by atoms with Crippen LogP contribution in [0.3, 0.4) is 0 Å². The highest BCUT2D eigenvalue weighted by atomic mass is 16.5. The molecule has 1 aliphatic heterocycles. The van der Waals surface area contributed by atoms with Crippen LogP contribution in [0.4, 0.5) is 0 Å². The molecule has 0 aromatic rings. The molecule has 0 aromatic carbocycles. The maximum Gasteiger partial charge on any atom is 0.234 e. The molecule has 1 amide bonds. The van der Waals surface area contributed by atoms with Crippen LogP contribution in [0.1, 0.15) is 38.5 Å². The molecule has 19 heavy (non-hydrogen) atoms. The van der Waals surface area contributed by atoms with Crippen LogP contribution in [0.5, 0.6) is 0 Å². The zero-order valence-corrected chi connectivity index (χ0v) is 11.6. The van der Waals surface area contributed by atoms with Gasteiger partial charge in [0, 0.05) is 25.8 Å². The molecule has 1 aliphatic carbocycles. The molecule has 0 bridgehead atoms. The van der Waals surface area contributed by atoms with Crippen LogP contribution < -0.4 is 5.32 Å². The first kappa shape index (κ1) is 14.8. The average molecular weight is 270 g/mol. The summed E-state index contributed by atoms with van der Waals surface area (Å²) in [6.45, 7) is 3.12. The Morgan fingerprint density at radius 1 is 1.32 bits per heavy atom. The molecule has 1 saturated heterocycles. The second-order valence-corrected chi connectivity index (χ2v) is 5.57. The molecular weight excluding hydrogens is 244 g/mol. The standard InChI is InChI=1S/C14H26N2O3/c17-8-2-1-7-16(12-5-6-12)11-14(18)15-10-13-4-3-9-19-13/h12-13,17H,1-11H2,(H,15,18). The van der Waals surface area contributed by atoms with Crippen LogP contribution >= 0.6 is 0 Å². The summed E-state index contributed by atoms with van der Waals surface area (Å²) in [5.41, 5.74) is 0. The van der Waals surface area contributed by atoms with Gasteiger partial charge in [-0.05, 0) is 45.1 Å². The summed E-state index contributed by atoms with van der Waals surface area (Å²) >= 11 is 0. The van der Waals surface area contributed by atoms with Gasteiger partial charge in [0.15, 0.2) is 0 Å². The van der Waals surface area contributed by atoms with Gasteiger partial charge in [-0.15, -0.1) is 0 Å². The number of ether oxygens (including phenoxy) is 1. The van der Waals surface area contributed by atoms with Gasteiger partial charge < -0.3 is 15.2 Å². The van der Waals surface area contributed by atoms with E-state index in [2.05, 4.69) is 10.2 Å². The summed E-state index contributed by atoms with van der Waals surface area (Å²) in [5.74, 6) is 0.103. The van der Waals surface area contributed by atoms with E-state index in [9.17, 15) is 4.79 Å². The van der Waals surface area contributed by atoms with Crippen molar-refractivity contribution in [3.05, 3.63) is 0 Å². The van der Waals surface area contributed by atoms with Gasteiger partial charge in [0.05, 0.1) is 12.6 Å².